The van der Waals surface area contributed by atoms with Crippen LogP contribution < -0.4 is 0 Å². The Labute approximate surface area is 92.3 Å². The first-order valence-electron chi connectivity index (χ1n) is 4.18. The smallest absolute Gasteiger partial charge is 0.360 e. The Morgan fingerprint density at radius 1 is 1.12 bits per heavy atom. The lowest BCUT2D eigenvalue weighted by Gasteiger charge is -2.12. The molecular weight excluding hydrogens is 214 g/mol. The third-order valence-corrected chi connectivity index (χ3v) is 1.27. The van der Waals surface area contributed by atoms with Gasteiger partial charge in [0.25, 0.3) is 0 Å². The molecule has 0 amide bonds. The van der Waals surface area contributed by atoms with Crippen molar-refractivity contribution in [1.29, 1.82) is 0 Å². The minimum atomic E-state index is -1.66. The zero-order valence-corrected chi connectivity index (χ0v) is 8.98. The standard InChI is InChI=1S/C10H11NO5/c1-6(2)8(13)15-10(11-5-12)16-9(14)7(3)4/h10H,1,3H2,2,4H3. The summed E-state index contributed by atoms with van der Waals surface area (Å²) in [6, 6.07) is 0. The first kappa shape index (κ1) is 13.8. The quantitative estimate of drug-likeness (QED) is 0.228. The average molecular weight is 225 g/mol. The number of hydrogen-bond acceptors (Lipinski definition) is 6. The van der Waals surface area contributed by atoms with Crippen LogP contribution in [0.4, 0.5) is 0 Å². The summed E-state index contributed by atoms with van der Waals surface area (Å²) >= 11 is 0. The molecule has 0 fully saturated rings. The molecule has 0 rings (SSSR count). The average Bonchev–Trinajstić information content (AvgIpc) is 2.17. The van der Waals surface area contributed by atoms with E-state index in [0.717, 1.165) is 6.08 Å². The van der Waals surface area contributed by atoms with Gasteiger partial charge in [-0.15, -0.1) is 4.99 Å². The lowest BCUT2D eigenvalue weighted by molar-refractivity contribution is -0.180. The summed E-state index contributed by atoms with van der Waals surface area (Å²) in [5, 5.41) is 0. The molecule has 0 saturated carbocycles. The van der Waals surface area contributed by atoms with Gasteiger partial charge in [-0.25, -0.2) is 14.4 Å². The lowest BCUT2D eigenvalue weighted by Crippen LogP contribution is -2.23. The molecule has 0 unspecified atom stereocenters. The third-order valence-electron chi connectivity index (χ3n) is 1.27. The van der Waals surface area contributed by atoms with Gasteiger partial charge in [0.1, 0.15) is 0 Å². The minimum Gasteiger partial charge on any atom is -0.400 e. The second-order valence-corrected chi connectivity index (χ2v) is 2.90. The van der Waals surface area contributed by atoms with Crippen LogP contribution in [0, 0.1) is 0 Å². The van der Waals surface area contributed by atoms with Gasteiger partial charge in [-0.1, -0.05) is 13.2 Å². The molecule has 0 aliphatic heterocycles. The van der Waals surface area contributed by atoms with Crippen LogP contribution in [0.1, 0.15) is 13.8 Å². The van der Waals surface area contributed by atoms with E-state index in [-0.39, 0.29) is 11.1 Å². The Bertz CT molecular complexity index is 351. The Balaban J connectivity index is 4.57. The van der Waals surface area contributed by atoms with Crippen LogP contribution in [0.3, 0.4) is 0 Å². The maximum atomic E-state index is 11.1. The largest absolute Gasteiger partial charge is 0.400 e. The Hall–Kier alpha value is -2.20. The van der Waals surface area contributed by atoms with E-state index in [1.54, 1.807) is 0 Å². The number of aliphatic imine (C=N–C) groups is 1. The molecule has 0 atom stereocenters. The van der Waals surface area contributed by atoms with Gasteiger partial charge in [0.2, 0.25) is 6.08 Å². The zero-order chi connectivity index (χ0) is 12.7. The highest BCUT2D eigenvalue weighted by molar-refractivity contribution is 5.88. The van der Waals surface area contributed by atoms with Gasteiger partial charge in [0, 0.05) is 11.1 Å². The van der Waals surface area contributed by atoms with Crippen molar-refractivity contribution in [3.63, 3.8) is 0 Å². The van der Waals surface area contributed by atoms with Gasteiger partial charge >= 0.3 is 18.4 Å². The zero-order valence-electron chi connectivity index (χ0n) is 8.98. The summed E-state index contributed by atoms with van der Waals surface area (Å²) in [4.78, 5) is 35.1. The first-order chi connectivity index (χ1) is 7.38. The van der Waals surface area contributed by atoms with Crippen molar-refractivity contribution in [2.75, 3.05) is 0 Å². The second kappa shape index (κ2) is 6.31. The monoisotopic (exact) mass is 225 g/mol. The van der Waals surface area contributed by atoms with E-state index in [4.69, 9.17) is 0 Å². The molecule has 0 heterocycles. The summed E-state index contributed by atoms with van der Waals surface area (Å²) in [6.07, 6.45) is -0.544. The highest BCUT2D eigenvalue weighted by Crippen LogP contribution is 2.04. The van der Waals surface area contributed by atoms with Gasteiger partial charge in [0.15, 0.2) is 0 Å². The van der Waals surface area contributed by atoms with E-state index in [1.165, 1.54) is 13.8 Å². The Morgan fingerprint density at radius 2 is 1.50 bits per heavy atom. The molecule has 0 aromatic carbocycles. The van der Waals surface area contributed by atoms with Gasteiger partial charge in [0.05, 0.1) is 0 Å². The fraction of sp³-hybridized carbons (Fsp3) is 0.300. The van der Waals surface area contributed by atoms with Crippen LogP contribution in [0.5, 0.6) is 0 Å². The van der Waals surface area contributed by atoms with E-state index >= 15 is 0 Å². The molecule has 86 valence electrons. The summed E-state index contributed by atoms with van der Waals surface area (Å²) in [5.74, 6) is -1.67. The molecule has 0 aliphatic carbocycles. The van der Waals surface area contributed by atoms with Crippen LogP contribution in [0.25, 0.3) is 0 Å². The normalized spacial score (nSPS) is 8.94. The van der Waals surface area contributed by atoms with E-state index in [2.05, 4.69) is 27.6 Å². The molecule has 16 heavy (non-hydrogen) atoms. The van der Waals surface area contributed by atoms with Crippen molar-refractivity contribution in [2.24, 2.45) is 4.99 Å². The number of hydrogen-bond donors (Lipinski definition) is 0. The number of carbonyl (C=O) groups is 2. The van der Waals surface area contributed by atoms with Crippen molar-refractivity contribution < 1.29 is 23.9 Å². The molecule has 0 aliphatic rings. The summed E-state index contributed by atoms with van der Waals surface area (Å²) in [7, 11) is 0. The second-order valence-electron chi connectivity index (χ2n) is 2.90. The van der Waals surface area contributed by atoms with Crippen LogP contribution >= 0.6 is 0 Å². The topological polar surface area (TPSA) is 82.0 Å². The summed E-state index contributed by atoms with van der Waals surface area (Å²) < 4.78 is 9.04. The predicted octanol–water partition coefficient (Wildman–Crippen LogP) is 0.844. The number of isocyanates is 1. The highest BCUT2D eigenvalue weighted by Gasteiger charge is 2.18. The van der Waals surface area contributed by atoms with Crippen LogP contribution in [-0.2, 0) is 23.9 Å². The molecule has 0 aromatic heterocycles. The van der Waals surface area contributed by atoms with Gasteiger partial charge < -0.3 is 9.47 Å². The summed E-state index contributed by atoms with van der Waals surface area (Å²) in [6.45, 7) is 9.41. The fourth-order valence-electron chi connectivity index (χ4n) is 0.504. The van der Waals surface area contributed by atoms with Gasteiger partial charge in [-0.05, 0) is 13.8 Å². The lowest BCUT2D eigenvalue weighted by atomic mass is 10.4. The predicted molar refractivity (Wildman–Crippen MR) is 53.7 cm³/mol. The molecule has 0 spiro atoms. The van der Waals surface area contributed by atoms with Crippen LogP contribution in [0.2, 0.25) is 0 Å². The van der Waals surface area contributed by atoms with Gasteiger partial charge in [-0.2, -0.15) is 0 Å². The van der Waals surface area contributed by atoms with Crippen molar-refractivity contribution in [2.45, 2.75) is 20.3 Å². The number of carbonyl (C=O) groups excluding carboxylic acids is 3. The third kappa shape index (κ3) is 4.88. The van der Waals surface area contributed by atoms with Crippen molar-refractivity contribution >= 4 is 18.0 Å². The number of esters is 2. The van der Waals surface area contributed by atoms with E-state index in [9.17, 15) is 14.4 Å². The van der Waals surface area contributed by atoms with Crippen molar-refractivity contribution in [3.8, 4) is 0 Å². The first-order valence-corrected chi connectivity index (χ1v) is 4.18. The molecule has 0 radical (unpaired) electrons. The summed E-state index contributed by atoms with van der Waals surface area (Å²) in [5.41, 5.74) is 0.162. The number of nitrogens with zero attached hydrogens (tertiary/aromatic N) is 1. The van der Waals surface area contributed by atoms with E-state index in [0.29, 0.717) is 0 Å². The number of rotatable bonds is 5. The van der Waals surface area contributed by atoms with Crippen LogP contribution in [-0.4, -0.2) is 24.4 Å². The van der Waals surface area contributed by atoms with E-state index < -0.39 is 18.4 Å². The molecule has 6 nitrogen and oxygen atoms in total. The molecule has 0 N–H and O–H groups in total. The fourth-order valence-corrected chi connectivity index (χ4v) is 0.504. The maximum absolute atomic E-state index is 11.1. The van der Waals surface area contributed by atoms with Crippen molar-refractivity contribution in [1.82, 2.24) is 0 Å². The number of ether oxygens (including phenoxy) is 2. The van der Waals surface area contributed by atoms with Gasteiger partial charge in [-0.3, -0.25) is 0 Å². The Kier molecular flexibility index (Phi) is 5.45. The molecular formula is C10H11NO5. The highest BCUT2D eigenvalue weighted by atomic mass is 16.7. The van der Waals surface area contributed by atoms with E-state index in [1.807, 2.05) is 0 Å². The molecule has 0 saturated heterocycles. The molecule has 6 heteroatoms. The maximum Gasteiger partial charge on any atom is 0.360 e. The SMILES string of the molecule is C=C(C)C(=O)OC(N=C=O)OC(=O)C(=C)C. The Morgan fingerprint density at radius 3 is 1.75 bits per heavy atom. The molecule has 0 aromatic rings. The van der Waals surface area contributed by atoms with Crippen molar-refractivity contribution in [3.05, 3.63) is 24.3 Å². The van der Waals surface area contributed by atoms with Crippen LogP contribution in [0.15, 0.2) is 29.3 Å². The minimum absolute atomic E-state index is 0.0810. The molecule has 0 bridgehead atoms.